The van der Waals surface area contributed by atoms with E-state index in [2.05, 4.69) is 5.10 Å². The molecule has 0 fully saturated rings. The summed E-state index contributed by atoms with van der Waals surface area (Å²) < 4.78 is 0.829. The summed E-state index contributed by atoms with van der Waals surface area (Å²) in [5.74, 6) is -1.96. The lowest BCUT2D eigenvalue weighted by Gasteiger charge is -1.95. The van der Waals surface area contributed by atoms with Crippen LogP contribution in [0.4, 0.5) is 5.82 Å². The van der Waals surface area contributed by atoms with E-state index in [-0.39, 0.29) is 5.02 Å². The maximum absolute atomic E-state index is 10.2. The van der Waals surface area contributed by atoms with Crippen LogP contribution in [0.25, 0.3) is 0 Å². The van der Waals surface area contributed by atoms with Crippen LogP contribution >= 0.6 is 11.6 Å². The van der Waals surface area contributed by atoms with E-state index in [1.54, 1.807) is 0 Å². The maximum Gasteiger partial charge on any atom is 0.408 e. The molecular weight excluding hydrogens is 202 g/mol. The Morgan fingerprint density at radius 1 is 1.77 bits per heavy atom. The van der Waals surface area contributed by atoms with E-state index in [4.69, 9.17) is 11.6 Å². The van der Waals surface area contributed by atoms with Gasteiger partial charge in [-0.05, 0) is 4.92 Å². The van der Waals surface area contributed by atoms with Gasteiger partial charge in [0.25, 0.3) is 0 Å². The number of rotatable bonds is 3. The molecule has 0 radical (unpaired) electrons. The van der Waals surface area contributed by atoms with E-state index in [1.807, 2.05) is 0 Å². The lowest BCUT2D eigenvalue weighted by molar-refractivity contribution is -0.389. The monoisotopic (exact) mass is 204 g/mol. The maximum atomic E-state index is 10.2. The zero-order valence-electron chi connectivity index (χ0n) is 6.14. The highest BCUT2D eigenvalue weighted by atomic mass is 35.5. The van der Waals surface area contributed by atoms with Crippen molar-refractivity contribution in [1.29, 1.82) is 0 Å². The molecule has 0 saturated carbocycles. The summed E-state index contributed by atoms with van der Waals surface area (Å²) in [6.45, 7) is -0.562. The van der Waals surface area contributed by atoms with Crippen LogP contribution in [0, 0.1) is 10.1 Å². The molecule has 8 heteroatoms. The minimum absolute atomic E-state index is 0.203. The average Bonchev–Trinajstić information content (AvgIpc) is 2.29. The molecule has 1 aromatic rings. The fourth-order valence-corrected chi connectivity index (χ4v) is 0.943. The number of carbonyl (C=O) groups is 1. The number of hydrogen-bond acceptors (Lipinski definition) is 5. The van der Waals surface area contributed by atoms with Gasteiger partial charge in [0.2, 0.25) is 0 Å². The summed E-state index contributed by atoms with van der Waals surface area (Å²) in [5.41, 5.74) is 0. The van der Waals surface area contributed by atoms with Crippen molar-refractivity contribution in [2.24, 2.45) is 0 Å². The third-order valence-electron chi connectivity index (χ3n) is 1.16. The van der Waals surface area contributed by atoms with E-state index in [1.165, 1.54) is 0 Å². The van der Waals surface area contributed by atoms with Gasteiger partial charge in [-0.25, -0.2) is 0 Å². The number of carbonyl (C=O) groups excluding carboxylic acids is 1. The fraction of sp³-hybridized carbons (Fsp3) is 0.200. The largest absolute Gasteiger partial charge is 0.548 e. The predicted molar refractivity (Wildman–Crippen MR) is 38.9 cm³/mol. The Kier molecular flexibility index (Phi) is 2.47. The van der Waals surface area contributed by atoms with E-state index in [9.17, 15) is 20.0 Å². The molecule has 1 heterocycles. The SMILES string of the molecule is O=C([O-])Cn1cc(Cl)c([N+](=O)[O-])n1. The van der Waals surface area contributed by atoms with E-state index >= 15 is 0 Å². The van der Waals surface area contributed by atoms with Crippen LogP contribution in [0.15, 0.2) is 6.20 Å². The van der Waals surface area contributed by atoms with Crippen molar-refractivity contribution in [2.45, 2.75) is 6.54 Å². The number of halogens is 1. The molecule has 0 atom stereocenters. The van der Waals surface area contributed by atoms with Gasteiger partial charge in [-0.3, -0.25) is 0 Å². The van der Waals surface area contributed by atoms with Gasteiger partial charge in [-0.2, -0.15) is 4.68 Å². The van der Waals surface area contributed by atoms with Crippen molar-refractivity contribution in [3.05, 3.63) is 21.3 Å². The van der Waals surface area contributed by atoms with Gasteiger partial charge in [0.05, 0.1) is 17.3 Å². The summed E-state index contributed by atoms with van der Waals surface area (Å²) in [7, 11) is 0. The first-order valence-electron chi connectivity index (χ1n) is 3.08. The quantitative estimate of drug-likeness (QED) is 0.474. The molecule has 0 aliphatic heterocycles. The Morgan fingerprint density at radius 3 is 2.77 bits per heavy atom. The second-order valence-electron chi connectivity index (χ2n) is 2.13. The summed E-state index contributed by atoms with van der Waals surface area (Å²) in [4.78, 5) is 19.5. The van der Waals surface area contributed by atoms with Crippen molar-refractivity contribution in [3.8, 4) is 0 Å². The van der Waals surface area contributed by atoms with Crippen LogP contribution in [-0.4, -0.2) is 20.7 Å². The minimum atomic E-state index is -1.39. The molecule has 0 aliphatic rings. The van der Waals surface area contributed by atoms with Gasteiger partial charge in [0.15, 0.2) is 5.02 Å². The third-order valence-corrected chi connectivity index (χ3v) is 1.43. The Morgan fingerprint density at radius 2 is 2.38 bits per heavy atom. The van der Waals surface area contributed by atoms with E-state index in [0.29, 0.717) is 0 Å². The van der Waals surface area contributed by atoms with Crippen molar-refractivity contribution in [1.82, 2.24) is 9.78 Å². The van der Waals surface area contributed by atoms with Crippen molar-refractivity contribution in [3.63, 3.8) is 0 Å². The number of nitro groups is 1. The Hall–Kier alpha value is -1.63. The molecule has 13 heavy (non-hydrogen) atoms. The summed E-state index contributed by atoms with van der Waals surface area (Å²) in [6, 6.07) is 0. The Labute approximate surface area is 76.7 Å². The highest BCUT2D eigenvalue weighted by Gasteiger charge is 2.18. The topological polar surface area (TPSA) is 101 Å². The molecule has 0 aromatic carbocycles. The molecule has 0 spiro atoms. The highest BCUT2D eigenvalue weighted by Crippen LogP contribution is 2.20. The molecule has 0 N–H and O–H groups in total. The molecule has 70 valence electrons. The Balaban J connectivity index is 2.95. The predicted octanol–water partition coefficient (Wildman–Crippen LogP) is -0.805. The van der Waals surface area contributed by atoms with Crippen LogP contribution in [-0.2, 0) is 11.3 Å². The number of aromatic nitrogens is 2. The van der Waals surface area contributed by atoms with Crippen LogP contribution in [0.5, 0.6) is 0 Å². The van der Waals surface area contributed by atoms with Crippen LogP contribution in [0.2, 0.25) is 5.02 Å². The number of aliphatic carboxylic acids is 1. The third kappa shape index (κ3) is 2.15. The fourth-order valence-electron chi connectivity index (χ4n) is 0.724. The molecule has 0 aliphatic carbocycles. The van der Waals surface area contributed by atoms with Gasteiger partial charge >= 0.3 is 5.82 Å². The standard InChI is InChI=1S/C5H4ClN3O4/c6-3-1-8(2-4(10)11)7-5(3)9(12)13/h1H,2H2,(H,10,11)/p-1. The molecular formula is C5H3ClN3O4-. The molecule has 0 bridgehead atoms. The molecule has 0 unspecified atom stereocenters. The summed E-state index contributed by atoms with van der Waals surface area (Å²) in [5, 5.41) is 23.4. The second-order valence-corrected chi connectivity index (χ2v) is 2.53. The second kappa shape index (κ2) is 3.40. The number of carboxylic acid groups (broad SMARTS) is 1. The van der Waals surface area contributed by atoms with Gasteiger partial charge < -0.3 is 20.0 Å². The molecule has 7 nitrogen and oxygen atoms in total. The van der Waals surface area contributed by atoms with Crippen molar-refractivity contribution >= 4 is 23.4 Å². The molecule has 1 rings (SSSR count). The first kappa shape index (κ1) is 9.46. The zero-order chi connectivity index (χ0) is 10.0. The van der Waals surface area contributed by atoms with Crippen LogP contribution in [0.3, 0.4) is 0 Å². The molecule has 1 aromatic heterocycles. The lowest BCUT2D eigenvalue weighted by Crippen LogP contribution is -2.27. The van der Waals surface area contributed by atoms with E-state index in [0.717, 1.165) is 10.9 Å². The number of hydrogen-bond donors (Lipinski definition) is 0. The average molecular weight is 205 g/mol. The highest BCUT2D eigenvalue weighted by molar-refractivity contribution is 6.32. The molecule has 0 amide bonds. The summed E-state index contributed by atoms with van der Waals surface area (Å²) in [6.07, 6.45) is 1.05. The number of carboxylic acids is 1. The summed E-state index contributed by atoms with van der Waals surface area (Å²) >= 11 is 5.39. The molecule has 0 saturated heterocycles. The lowest BCUT2D eigenvalue weighted by atomic mass is 10.6. The van der Waals surface area contributed by atoms with Crippen molar-refractivity contribution < 1.29 is 14.8 Å². The first-order chi connectivity index (χ1) is 6.00. The minimum Gasteiger partial charge on any atom is -0.548 e. The first-order valence-corrected chi connectivity index (χ1v) is 3.45. The number of nitrogens with zero attached hydrogens (tertiary/aromatic N) is 3. The zero-order valence-corrected chi connectivity index (χ0v) is 6.89. The Bertz CT molecular complexity index is 361. The van der Waals surface area contributed by atoms with Crippen molar-refractivity contribution in [2.75, 3.05) is 0 Å². The van der Waals surface area contributed by atoms with Crippen LogP contribution in [0.1, 0.15) is 0 Å². The smallest absolute Gasteiger partial charge is 0.408 e. The van der Waals surface area contributed by atoms with Gasteiger partial charge in [-0.15, -0.1) is 0 Å². The van der Waals surface area contributed by atoms with Gasteiger partial charge in [0.1, 0.15) is 6.54 Å². The normalized spacial score (nSPS) is 9.92. The van der Waals surface area contributed by atoms with Gasteiger partial charge in [-0.1, -0.05) is 11.6 Å². The van der Waals surface area contributed by atoms with E-state index < -0.39 is 23.3 Å². The van der Waals surface area contributed by atoms with Crippen LogP contribution < -0.4 is 5.11 Å². The van der Waals surface area contributed by atoms with Gasteiger partial charge in [0, 0.05) is 0 Å².